The van der Waals surface area contributed by atoms with E-state index in [0.717, 1.165) is 49.4 Å². The van der Waals surface area contributed by atoms with Crippen molar-refractivity contribution in [1.29, 1.82) is 0 Å². The molecule has 0 amide bonds. The number of hydrogen-bond donors (Lipinski definition) is 0. The predicted molar refractivity (Wildman–Crippen MR) is 172 cm³/mol. The summed E-state index contributed by atoms with van der Waals surface area (Å²) >= 11 is 0. The number of para-hydroxylation sites is 1. The lowest BCUT2D eigenvalue weighted by Crippen LogP contribution is -2.34. The molecule has 3 aromatic heterocycles. The van der Waals surface area contributed by atoms with Gasteiger partial charge in [0.15, 0.2) is 6.20 Å². The number of halogens is 3. The van der Waals surface area contributed by atoms with Crippen LogP contribution in [0.5, 0.6) is 0 Å². The van der Waals surface area contributed by atoms with Gasteiger partial charge in [0.25, 0.3) is 0 Å². The summed E-state index contributed by atoms with van der Waals surface area (Å²) in [6, 6.07) is 25.2. The van der Waals surface area contributed by atoms with Gasteiger partial charge >= 0.3 is 6.18 Å². The summed E-state index contributed by atoms with van der Waals surface area (Å²) in [5.74, 6) is 0. The van der Waals surface area contributed by atoms with Crippen LogP contribution in [0.3, 0.4) is 0 Å². The molecule has 43 heavy (non-hydrogen) atoms. The van der Waals surface area contributed by atoms with E-state index in [4.69, 9.17) is 0 Å². The number of benzene rings is 4. The smallest absolute Gasteiger partial charge is 0.302 e. The highest BCUT2D eigenvalue weighted by Gasteiger charge is 2.47. The maximum absolute atomic E-state index is 14.1. The van der Waals surface area contributed by atoms with Gasteiger partial charge in [-0.3, -0.25) is 0 Å². The number of rotatable bonds is 3. The Balaban J connectivity index is 1.65. The molecular weight excluding hydrogens is 541 g/mol. The van der Waals surface area contributed by atoms with E-state index in [1.54, 1.807) is 0 Å². The van der Waals surface area contributed by atoms with Gasteiger partial charge < -0.3 is 4.40 Å². The van der Waals surface area contributed by atoms with Crippen LogP contribution in [-0.4, -0.2) is 10.6 Å². The maximum atomic E-state index is 14.1. The summed E-state index contributed by atoms with van der Waals surface area (Å²) in [7, 11) is 2.09. The van der Waals surface area contributed by atoms with Crippen LogP contribution in [-0.2, 0) is 18.9 Å². The maximum Gasteiger partial charge on any atom is 0.394 e. The first kappa shape index (κ1) is 27.7. The van der Waals surface area contributed by atoms with Crippen molar-refractivity contribution in [2.24, 2.45) is 12.5 Å². The van der Waals surface area contributed by atoms with Crippen LogP contribution in [0.15, 0.2) is 79.0 Å². The molecule has 0 bridgehead atoms. The number of pyridine rings is 1. The third-order valence-corrected chi connectivity index (χ3v) is 9.49. The van der Waals surface area contributed by atoms with Gasteiger partial charge in [0.05, 0.1) is 22.0 Å². The lowest BCUT2D eigenvalue weighted by molar-refractivity contribution is -0.659. The van der Waals surface area contributed by atoms with E-state index in [-0.39, 0.29) is 11.8 Å². The van der Waals surface area contributed by atoms with Crippen LogP contribution in [0.25, 0.3) is 60.1 Å². The van der Waals surface area contributed by atoms with Crippen molar-refractivity contribution in [2.45, 2.75) is 59.6 Å². The van der Waals surface area contributed by atoms with Gasteiger partial charge in [0.1, 0.15) is 12.6 Å². The van der Waals surface area contributed by atoms with Crippen molar-refractivity contribution in [1.82, 2.24) is 4.40 Å². The lowest BCUT2D eigenvalue weighted by Gasteiger charge is -2.28. The van der Waals surface area contributed by atoms with Crippen LogP contribution < -0.4 is 4.57 Å². The summed E-state index contributed by atoms with van der Waals surface area (Å²) in [4.78, 5) is 0. The quantitative estimate of drug-likeness (QED) is 0.185. The molecule has 2 nitrogen and oxygen atoms in total. The van der Waals surface area contributed by atoms with Crippen molar-refractivity contribution in [3.63, 3.8) is 0 Å². The third-order valence-electron chi connectivity index (χ3n) is 9.49. The zero-order chi connectivity index (χ0) is 30.6. The number of nitrogens with zero attached hydrogens (tertiary/aromatic N) is 2. The summed E-state index contributed by atoms with van der Waals surface area (Å²) in [6.45, 7) is 11.6. The van der Waals surface area contributed by atoms with E-state index in [1.807, 2.05) is 24.3 Å². The van der Waals surface area contributed by atoms with E-state index < -0.39 is 11.6 Å². The molecule has 0 unspecified atom stereocenters. The second-order valence-corrected chi connectivity index (χ2v) is 13.8. The Kier molecular flexibility index (Phi) is 5.76. The average Bonchev–Trinajstić information content (AvgIpc) is 3.45. The fraction of sp³-hybridized carbons (Fsp3) is 0.289. The SMILES string of the molecule is Cc1c(-c2c3c(cc[n+]2C)c2ccc(CC(C)(C)C(F)(F)F)c4c5ccccc5n3c24)cc(C(C)(C)C)c2ccccc12. The highest BCUT2D eigenvalue weighted by Crippen LogP contribution is 2.47. The van der Waals surface area contributed by atoms with Gasteiger partial charge in [-0.25, -0.2) is 0 Å². The normalized spacial score (nSPS) is 13.4. The molecule has 7 aromatic rings. The molecule has 0 aliphatic carbocycles. The zero-order valence-corrected chi connectivity index (χ0v) is 25.7. The summed E-state index contributed by atoms with van der Waals surface area (Å²) < 4.78 is 46.8. The Hall–Kier alpha value is -4.12. The number of alkyl halides is 3. The Bertz CT molecular complexity index is 2230. The molecule has 5 heteroatoms. The molecule has 0 saturated carbocycles. The van der Waals surface area contributed by atoms with Crippen molar-refractivity contribution >= 4 is 48.9 Å². The number of aromatic nitrogens is 2. The van der Waals surface area contributed by atoms with Crippen LogP contribution >= 0.6 is 0 Å². The first-order valence-corrected chi connectivity index (χ1v) is 14.9. The standard InChI is InChI=1S/C38H36F3N2/c1-22-24-12-8-9-13-25(24)30(36(2,3)4)20-29(22)34-35-27(18-19-42(34)7)26-17-16-23(21-37(5,6)38(39,40)41)32-28-14-10-11-15-31(28)43(35)33(26)32/h8-20H,21H2,1-7H3/q+1. The minimum Gasteiger partial charge on any atom is -0.302 e. The highest BCUT2D eigenvalue weighted by molar-refractivity contribution is 6.25. The van der Waals surface area contributed by atoms with Crippen molar-refractivity contribution < 1.29 is 17.7 Å². The molecule has 0 aliphatic heterocycles. The van der Waals surface area contributed by atoms with Gasteiger partial charge in [-0.1, -0.05) is 89.2 Å². The van der Waals surface area contributed by atoms with Gasteiger partial charge in [-0.15, -0.1) is 0 Å². The fourth-order valence-corrected chi connectivity index (χ4v) is 7.12. The Morgan fingerprint density at radius 3 is 2.02 bits per heavy atom. The third kappa shape index (κ3) is 3.90. The summed E-state index contributed by atoms with van der Waals surface area (Å²) in [6.07, 6.45) is -2.28. The highest BCUT2D eigenvalue weighted by atomic mass is 19.4. The molecule has 0 radical (unpaired) electrons. The Morgan fingerprint density at radius 1 is 0.721 bits per heavy atom. The fourth-order valence-electron chi connectivity index (χ4n) is 7.12. The second kappa shape index (κ2) is 8.95. The molecule has 0 saturated heterocycles. The first-order valence-electron chi connectivity index (χ1n) is 14.9. The van der Waals surface area contributed by atoms with Crippen LogP contribution in [0.1, 0.15) is 51.3 Å². The van der Waals surface area contributed by atoms with Crippen LogP contribution in [0.4, 0.5) is 13.2 Å². The van der Waals surface area contributed by atoms with Crippen LogP contribution in [0, 0.1) is 12.3 Å². The van der Waals surface area contributed by atoms with E-state index in [9.17, 15) is 13.2 Å². The van der Waals surface area contributed by atoms with Crippen LogP contribution in [0.2, 0.25) is 0 Å². The van der Waals surface area contributed by atoms with Gasteiger partial charge in [-0.2, -0.15) is 17.7 Å². The number of hydrogen-bond acceptors (Lipinski definition) is 0. The summed E-state index contributed by atoms with van der Waals surface area (Å²) in [5.41, 5.74) is 6.65. The monoisotopic (exact) mass is 577 g/mol. The minimum absolute atomic E-state index is 0.0743. The zero-order valence-electron chi connectivity index (χ0n) is 25.7. The van der Waals surface area contributed by atoms with Crippen molar-refractivity contribution in [2.75, 3.05) is 0 Å². The number of aryl methyl sites for hydroxylation is 2. The largest absolute Gasteiger partial charge is 0.394 e. The molecule has 0 aliphatic rings. The predicted octanol–water partition coefficient (Wildman–Crippen LogP) is 10.2. The van der Waals surface area contributed by atoms with Gasteiger partial charge in [-0.05, 0) is 58.4 Å². The van der Waals surface area contributed by atoms with E-state index in [0.29, 0.717) is 0 Å². The van der Waals surface area contributed by atoms with Crippen molar-refractivity contribution in [3.8, 4) is 11.3 Å². The van der Waals surface area contributed by atoms with E-state index >= 15 is 0 Å². The molecule has 0 atom stereocenters. The lowest BCUT2D eigenvalue weighted by atomic mass is 9.80. The molecule has 4 aromatic carbocycles. The topological polar surface area (TPSA) is 8.29 Å². The molecule has 0 N–H and O–H groups in total. The molecule has 0 spiro atoms. The van der Waals surface area contributed by atoms with Crippen molar-refractivity contribution in [3.05, 3.63) is 95.7 Å². The average molecular weight is 578 g/mol. The minimum atomic E-state index is -4.31. The molecular formula is C38H36F3N2+. The second-order valence-electron chi connectivity index (χ2n) is 13.8. The van der Waals surface area contributed by atoms with Gasteiger partial charge in [0, 0.05) is 27.6 Å². The van der Waals surface area contributed by atoms with E-state index in [1.165, 1.54) is 41.3 Å². The Labute approximate surface area is 249 Å². The summed E-state index contributed by atoms with van der Waals surface area (Å²) in [5, 5.41) is 6.57. The molecule has 218 valence electrons. The number of fused-ring (bicyclic) bond motifs is 7. The molecule has 3 heterocycles. The first-order chi connectivity index (χ1) is 20.2. The molecule has 0 fully saturated rings. The van der Waals surface area contributed by atoms with Gasteiger partial charge in [0.2, 0.25) is 5.69 Å². The Morgan fingerprint density at radius 2 is 1.35 bits per heavy atom. The molecule has 7 rings (SSSR count). The van der Waals surface area contributed by atoms with E-state index in [2.05, 4.69) is 98.4 Å².